The lowest BCUT2D eigenvalue weighted by Crippen LogP contribution is -2.41. The molecule has 0 radical (unpaired) electrons. The Morgan fingerprint density at radius 2 is 2.04 bits per heavy atom. The molecule has 0 aromatic heterocycles. The molecule has 25 heavy (non-hydrogen) atoms. The zero-order valence-electron chi connectivity index (χ0n) is 13.8. The van der Waals surface area contributed by atoms with Gasteiger partial charge in [-0.05, 0) is 49.2 Å². The lowest BCUT2D eigenvalue weighted by molar-refractivity contribution is 0.174. The summed E-state index contributed by atoms with van der Waals surface area (Å²) < 4.78 is 24.0. The highest BCUT2D eigenvalue weighted by molar-refractivity contribution is 6.31. The highest BCUT2D eigenvalue weighted by Gasteiger charge is 2.21. The number of anilines is 1. The zero-order valence-corrected chi connectivity index (χ0v) is 14.6. The average molecular weight is 363 g/mol. The summed E-state index contributed by atoms with van der Waals surface area (Å²) >= 11 is 6.16. The molecule has 2 aliphatic rings. The molecule has 2 aliphatic heterocycles. The molecular formula is C19H20ClFN2O2. The quantitative estimate of drug-likeness (QED) is 0.880. The molecule has 4 rings (SSSR count). The van der Waals surface area contributed by atoms with Crippen LogP contribution in [-0.4, -0.2) is 30.8 Å². The number of benzene rings is 2. The van der Waals surface area contributed by atoms with Crippen molar-refractivity contribution in [3.05, 3.63) is 52.8 Å². The van der Waals surface area contributed by atoms with Gasteiger partial charge in [0, 0.05) is 35.9 Å². The molecule has 1 unspecified atom stereocenters. The van der Waals surface area contributed by atoms with Gasteiger partial charge in [0.15, 0.2) is 11.5 Å². The smallest absolute Gasteiger partial charge is 0.231 e. The molecule has 0 bridgehead atoms. The van der Waals surface area contributed by atoms with E-state index in [-0.39, 0.29) is 12.6 Å². The summed E-state index contributed by atoms with van der Waals surface area (Å²) in [6, 6.07) is 10.9. The zero-order chi connectivity index (χ0) is 17.2. The standard InChI is InChI=1S/C19H20ClFN2O2/c20-17-8-14(21)4-3-13(17)10-23-7-1-2-16(11-23)22-15-5-6-18-19(9-15)25-12-24-18/h3-6,8-9,16,22H,1-2,7,10-12H2. The number of piperidine rings is 1. The van der Waals surface area contributed by atoms with E-state index in [2.05, 4.69) is 10.2 Å². The van der Waals surface area contributed by atoms with Crippen molar-refractivity contribution in [2.75, 3.05) is 25.2 Å². The number of nitrogens with one attached hydrogen (secondary N) is 1. The van der Waals surface area contributed by atoms with Crippen molar-refractivity contribution < 1.29 is 13.9 Å². The van der Waals surface area contributed by atoms with Gasteiger partial charge in [-0.15, -0.1) is 0 Å². The van der Waals surface area contributed by atoms with Crippen LogP contribution in [0.5, 0.6) is 11.5 Å². The molecule has 2 aromatic rings. The third-order valence-corrected chi connectivity index (χ3v) is 5.01. The van der Waals surface area contributed by atoms with Crippen LogP contribution in [0.2, 0.25) is 5.02 Å². The molecule has 4 nitrogen and oxygen atoms in total. The van der Waals surface area contributed by atoms with Crippen LogP contribution in [0.15, 0.2) is 36.4 Å². The minimum Gasteiger partial charge on any atom is -0.454 e. The van der Waals surface area contributed by atoms with Crippen molar-refractivity contribution in [2.24, 2.45) is 0 Å². The first kappa shape index (κ1) is 16.5. The molecule has 132 valence electrons. The molecule has 0 spiro atoms. The van der Waals surface area contributed by atoms with Crippen molar-refractivity contribution in [1.82, 2.24) is 4.90 Å². The first-order valence-electron chi connectivity index (χ1n) is 8.50. The minimum absolute atomic E-state index is 0.286. The lowest BCUT2D eigenvalue weighted by Gasteiger charge is -2.34. The number of nitrogens with zero attached hydrogens (tertiary/aromatic N) is 1. The molecule has 1 N–H and O–H groups in total. The highest BCUT2D eigenvalue weighted by atomic mass is 35.5. The first-order valence-corrected chi connectivity index (χ1v) is 8.88. The van der Waals surface area contributed by atoms with E-state index in [1.807, 2.05) is 18.2 Å². The first-order chi connectivity index (χ1) is 12.2. The van der Waals surface area contributed by atoms with E-state index in [0.717, 1.165) is 55.2 Å². The second kappa shape index (κ2) is 7.10. The van der Waals surface area contributed by atoms with Crippen LogP contribution in [0, 0.1) is 5.82 Å². The van der Waals surface area contributed by atoms with Crippen LogP contribution in [0.1, 0.15) is 18.4 Å². The normalized spacial score (nSPS) is 19.8. The molecular weight excluding hydrogens is 343 g/mol. The maximum atomic E-state index is 13.2. The Balaban J connectivity index is 1.39. The van der Waals surface area contributed by atoms with Crippen LogP contribution >= 0.6 is 11.6 Å². The predicted molar refractivity (Wildman–Crippen MR) is 95.9 cm³/mol. The fourth-order valence-corrected chi connectivity index (χ4v) is 3.66. The average Bonchev–Trinajstić information content (AvgIpc) is 3.05. The Morgan fingerprint density at radius 3 is 2.92 bits per heavy atom. The summed E-state index contributed by atoms with van der Waals surface area (Å²) in [5.41, 5.74) is 2.00. The molecule has 0 saturated carbocycles. The van der Waals surface area contributed by atoms with E-state index in [1.54, 1.807) is 6.07 Å². The van der Waals surface area contributed by atoms with Gasteiger partial charge < -0.3 is 14.8 Å². The van der Waals surface area contributed by atoms with Gasteiger partial charge in [-0.3, -0.25) is 4.90 Å². The Bertz CT molecular complexity index is 771. The molecule has 0 aliphatic carbocycles. The number of fused-ring (bicyclic) bond motifs is 1. The SMILES string of the molecule is Fc1ccc(CN2CCCC(Nc3ccc4c(c3)OCO4)C2)c(Cl)c1. The van der Waals surface area contributed by atoms with Crippen molar-refractivity contribution in [1.29, 1.82) is 0 Å². The van der Waals surface area contributed by atoms with Crippen molar-refractivity contribution in [3.63, 3.8) is 0 Å². The van der Waals surface area contributed by atoms with E-state index < -0.39 is 0 Å². The van der Waals surface area contributed by atoms with Crippen LogP contribution in [-0.2, 0) is 6.54 Å². The molecule has 1 atom stereocenters. The number of likely N-dealkylation sites (tertiary alicyclic amines) is 1. The van der Waals surface area contributed by atoms with Gasteiger partial charge >= 0.3 is 0 Å². The van der Waals surface area contributed by atoms with E-state index in [4.69, 9.17) is 21.1 Å². The van der Waals surface area contributed by atoms with Gasteiger partial charge in [0.25, 0.3) is 0 Å². The van der Waals surface area contributed by atoms with Crippen molar-refractivity contribution in [2.45, 2.75) is 25.4 Å². The molecule has 2 heterocycles. The number of hydrogen-bond acceptors (Lipinski definition) is 4. The van der Waals surface area contributed by atoms with Crippen molar-refractivity contribution >= 4 is 17.3 Å². The van der Waals surface area contributed by atoms with Crippen LogP contribution < -0.4 is 14.8 Å². The summed E-state index contributed by atoms with van der Waals surface area (Å²) in [7, 11) is 0. The van der Waals surface area contributed by atoms with Gasteiger partial charge in [0.05, 0.1) is 0 Å². The van der Waals surface area contributed by atoms with Gasteiger partial charge in [0.1, 0.15) is 5.82 Å². The third kappa shape index (κ3) is 3.83. The Hall–Kier alpha value is -1.98. The maximum absolute atomic E-state index is 13.2. The summed E-state index contributed by atoms with van der Waals surface area (Å²) in [5.74, 6) is 1.28. The number of hydrogen-bond donors (Lipinski definition) is 1. The van der Waals surface area contributed by atoms with Gasteiger partial charge in [-0.1, -0.05) is 17.7 Å². The van der Waals surface area contributed by atoms with E-state index >= 15 is 0 Å². The number of rotatable bonds is 4. The second-order valence-corrected chi connectivity index (χ2v) is 6.93. The summed E-state index contributed by atoms with van der Waals surface area (Å²) in [6.45, 7) is 2.96. The van der Waals surface area contributed by atoms with Crippen molar-refractivity contribution in [3.8, 4) is 11.5 Å². The predicted octanol–water partition coefficient (Wildman–Crippen LogP) is 4.28. The fourth-order valence-electron chi connectivity index (χ4n) is 3.43. The fraction of sp³-hybridized carbons (Fsp3) is 0.368. The maximum Gasteiger partial charge on any atom is 0.231 e. The monoisotopic (exact) mass is 362 g/mol. The molecule has 0 amide bonds. The molecule has 2 aromatic carbocycles. The number of ether oxygens (including phenoxy) is 2. The Labute approximate surface area is 151 Å². The van der Waals surface area contributed by atoms with E-state index in [9.17, 15) is 4.39 Å². The second-order valence-electron chi connectivity index (χ2n) is 6.52. The van der Waals surface area contributed by atoms with Gasteiger partial charge in [-0.2, -0.15) is 0 Å². The molecule has 6 heteroatoms. The van der Waals surface area contributed by atoms with Crippen LogP contribution in [0.4, 0.5) is 10.1 Å². The third-order valence-electron chi connectivity index (χ3n) is 4.66. The highest BCUT2D eigenvalue weighted by Crippen LogP contribution is 2.34. The van der Waals surface area contributed by atoms with Crippen LogP contribution in [0.25, 0.3) is 0 Å². The lowest BCUT2D eigenvalue weighted by atomic mass is 10.0. The largest absolute Gasteiger partial charge is 0.454 e. The van der Waals surface area contributed by atoms with E-state index in [1.165, 1.54) is 12.1 Å². The number of halogens is 2. The summed E-state index contributed by atoms with van der Waals surface area (Å²) in [6.07, 6.45) is 2.23. The summed E-state index contributed by atoms with van der Waals surface area (Å²) in [5, 5.41) is 4.07. The summed E-state index contributed by atoms with van der Waals surface area (Å²) in [4.78, 5) is 2.35. The molecule has 1 fully saturated rings. The van der Waals surface area contributed by atoms with Crippen LogP contribution in [0.3, 0.4) is 0 Å². The topological polar surface area (TPSA) is 33.7 Å². The van der Waals surface area contributed by atoms with Gasteiger partial charge in [-0.25, -0.2) is 4.39 Å². The molecule has 1 saturated heterocycles. The Kier molecular flexibility index (Phi) is 4.68. The Morgan fingerprint density at radius 1 is 1.16 bits per heavy atom. The minimum atomic E-state index is -0.297. The van der Waals surface area contributed by atoms with E-state index in [0.29, 0.717) is 11.1 Å². The van der Waals surface area contributed by atoms with Gasteiger partial charge in [0.2, 0.25) is 6.79 Å².